The van der Waals surface area contributed by atoms with Crippen molar-refractivity contribution < 1.29 is 23.1 Å². The molecule has 0 fully saturated rings. The second-order valence-electron chi connectivity index (χ2n) is 6.16. The van der Waals surface area contributed by atoms with Gasteiger partial charge < -0.3 is 23.6 Å². The van der Waals surface area contributed by atoms with Crippen LogP contribution in [0.2, 0.25) is 0 Å². The first kappa shape index (κ1) is 17.7. The third-order valence-electron chi connectivity index (χ3n) is 4.48. The number of amides is 1. The second kappa shape index (κ2) is 7.52. The Labute approximate surface area is 161 Å². The molecule has 2 aromatic heterocycles. The molecule has 0 aliphatic heterocycles. The summed E-state index contributed by atoms with van der Waals surface area (Å²) in [5.74, 6) is 2.28. The summed E-state index contributed by atoms with van der Waals surface area (Å²) < 4.78 is 21.9. The number of benzene rings is 2. The number of hydrogen-bond donors (Lipinski definition) is 1. The van der Waals surface area contributed by atoms with Crippen LogP contribution < -0.4 is 14.8 Å². The first-order valence-corrected chi connectivity index (χ1v) is 8.75. The average Bonchev–Trinajstić information content (AvgIpc) is 3.39. The molecular weight excluding hydrogens is 358 g/mol. The number of hydrogen-bond acceptors (Lipinski definition) is 5. The topological polar surface area (TPSA) is 73.8 Å². The third-order valence-corrected chi connectivity index (χ3v) is 4.48. The lowest BCUT2D eigenvalue weighted by molar-refractivity contribution is 0.0949. The zero-order chi connectivity index (χ0) is 19.5. The summed E-state index contributed by atoms with van der Waals surface area (Å²) in [5.41, 5.74) is 1.83. The highest BCUT2D eigenvalue weighted by Gasteiger charge is 2.23. The van der Waals surface area contributed by atoms with Gasteiger partial charge in [0.05, 0.1) is 32.6 Å². The highest BCUT2D eigenvalue weighted by molar-refractivity contribution is 6.11. The van der Waals surface area contributed by atoms with Crippen molar-refractivity contribution in [2.24, 2.45) is 0 Å². The summed E-state index contributed by atoms with van der Waals surface area (Å²) in [5, 5.41) is 3.57. The summed E-state index contributed by atoms with van der Waals surface area (Å²) in [6, 6.07) is 16.4. The molecule has 0 aliphatic rings. The van der Waals surface area contributed by atoms with E-state index in [1.54, 1.807) is 50.8 Å². The summed E-state index contributed by atoms with van der Waals surface area (Å²) in [6.07, 6.45) is 1.57. The molecule has 2 heterocycles. The number of furan rings is 2. The molecule has 0 spiro atoms. The van der Waals surface area contributed by atoms with Crippen LogP contribution in [0.15, 0.2) is 69.7 Å². The smallest absolute Gasteiger partial charge is 0.256 e. The molecule has 142 valence electrons. The molecule has 6 nitrogen and oxygen atoms in total. The van der Waals surface area contributed by atoms with Gasteiger partial charge in [0.1, 0.15) is 28.6 Å². The number of carbonyl (C=O) groups is 1. The minimum Gasteiger partial charge on any atom is -0.497 e. The van der Waals surface area contributed by atoms with Gasteiger partial charge in [-0.2, -0.15) is 0 Å². The molecule has 0 aliphatic carbocycles. The molecule has 0 atom stereocenters. The van der Waals surface area contributed by atoms with Gasteiger partial charge in [-0.05, 0) is 54.6 Å². The Bertz CT molecular complexity index is 1090. The lowest BCUT2D eigenvalue weighted by atomic mass is 10.0. The quantitative estimate of drug-likeness (QED) is 0.530. The fourth-order valence-electron chi connectivity index (χ4n) is 3.04. The zero-order valence-electron chi connectivity index (χ0n) is 15.5. The lowest BCUT2D eigenvalue weighted by Crippen LogP contribution is -2.22. The maximum absolute atomic E-state index is 13.1. The molecular formula is C22H19NO5. The molecule has 0 saturated heterocycles. The molecule has 4 aromatic rings. The largest absolute Gasteiger partial charge is 0.497 e. The number of fused-ring (bicyclic) bond motifs is 1. The van der Waals surface area contributed by atoms with E-state index in [4.69, 9.17) is 18.3 Å². The van der Waals surface area contributed by atoms with Crippen LogP contribution in [0.25, 0.3) is 22.3 Å². The summed E-state index contributed by atoms with van der Waals surface area (Å²) in [7, 11) is 3.19. The molecule has 28 heavy (non-hydrogen) atoms. The van der Waals surface area contributed by atoms with Gasteiger partial charge in [-0.3, -0.25) is 4.79 Å². The van der Waals surface area contributed by atoms with E-state index in [1.807, 2.05) is 24.3 Å². The van der Waals surface area contributed by atoms with Crippen molar-refractivity contribution in [2.45, 2.75) is 6.54 Å². The van der Waals surface area contributed by atoms with E-state index >= 15 is 0 Å². The Morgan fingerprint density at radius 2 is 1.75 bits per heavy atom. The Hall–Kier alpha value is -3.67. The standard InChI is InChI=1S/C22H19NO5/c1-25-15-7-5-14(6-8-15)21-20(22(24)23-13-17-4-3-11-27-17)18-12-16(26-2)9-10-19(18)28-21/h3-12H,13H2,1-2H3,(H,23,24). The monoisotopic (exact) mass is 377 g/mol. The van der Waals surface area contributed by atoms with Crippen molar-refractivity contribution in [3.05, 3.63) is 72.2 Å². The fraction of sp³-hybridized carbons (Fsp3) is 0.136. The van der Waals surface area contributed by atoms with E-state index in [1.165, 1.54) is 0 Å². The number of ether oxygens (including phenoxy) is 2. The van der Waals surface area contributed by atoms with Crippen molar-refractivity contribution in [1.82, 2.24) is 5.32 Å². The number of nitrogens with one attached hydrogen (secondary N) is 1. The minimum absolute atomic E-state index is 0.255. The second-order valence-corrected chi connectivity index (χ2v) is 6.16. The molecule has 6 heteroatoms. The molecule has 1 amide bonds. The van der Waals surface area contributed by atoms with Gasteiger partial charge in [0, 0.05) is 10.9 Å². The van der Waals surface area contributed by atoms with E-state index in [9.17, 15) is 4.79 Å². The SMILES string of the molecule is COc1ccc(-c2oc3ccc(OC)cc3c2C(=O)NCc2ccco2)cc1. The molecule has 4 rings (SSSR count). The van der Waals surface area contributed by atoms with Gasteiger partial charge in [-0.15, -0.1) is 0 Å². The Balaban J connectivity index is 1.78. The van der Waals surface area contributed by atoms with Crippen LogP contribution in [-0.2, 0) is 6.54 Å². The highest BCUT2D eigenvalue weighted by Crippen LogP contribution is 2.36. The molecule has 0 bridgehead atoms. The van der Waals surface area contributed by atoms with Crippen LogP contribution in [0.1, 0.15) is 16.1 Å². The van der Waals surface area contributed by atoms with Crippen molar-refractivity contribution in [3.63, 3.8) is 0 Å². The van der Waals surface area contributed by atoms with Crippen molar-refractivity contribution in [2.75, 3.05) is 14.2 Å². The predicted molar refractivity (Wildman–Crippen MR) is 105 cm³/mol. The molecule has 0 radical (unpaired) electrons. The van der Waals surface area contributed by atoms with E-state index < -0.39 is 0 Å². The molecule has 0 unspecified atom stereocenters. The minimum atomic E-state index is -0.255. The fourth-order valence-corrected chi connectivity index (χ4v) is 3.04. The van der Waals surface area contributed by atoms with Crippen LogP contribution in [0.5, 0.6) is 11.5 Å². The third kappa shape index (κ3) is 3.32. The van der Waals surface area contributed by atoms with Crippen molar-refractivity contribution >= 4 is 16.9 Å². The van der Waals surface area contributed by atoms with Crippen LogP contribution in [0.4, 0.5) is 0 Å². The Kier molecular flexibility index (Phi) is 4.76. The Morgan fingerprint density at radius 1 is 1.00 bits per heavy atom. The summed E-state index contributed by atoms with van der Waals surface area (Å²) >= 11 is 0. The van der Waals surface area contributed by atoms with E-state index in [0.29, 0.717) is 33.8 Å². The number of methoxy groups -OCH3 is 2. The predicted octanol–water partition coefficient (Wildman–Crippen LogP) is 4.64. The maximum Gasteiger partial charge on any atom is 0.256 e. The van der Waals surface area contributed by atoms with Crippen LogP contribution in [-0.4, -0.2) is 20.1 Å². The van der Waals surface area contributed by atoms with E-state index in [-0.39, 0.29) is 12.5 Å². The Morgan fingerprint density at radius 3 is 2.43 bits per heavy atom. The van der Waals surface area contributed by atoms with Crippen LogP contribution in [0, 0.1) is 0 Å². The van der Waals surface area contributed by atoms with E-state index in [0.717, 1.165) is 11.3 Å². The zero-order valence-corrected chi connectivity index (χ0v) is 15.5. The van der Waals surface area contributed by atoms with Crippen molar-refractivity contribution in [3.8, 4) is 22.8 Å². The molecule has 0 saturated carbocycles. The van der Waals surface area contributed by atoms with E-state index in [2.05, 4.69) is 5.32 Å². The summed E-state index contributed by atoms with van der Waals surface area (Å²) in [4.78, 5) is 13.1. The number of carbonyl (C=O) groups excluding carboxylic acids is 1. The first-order chi connectivity index (χ1) is 13.7. The highest BCUT2D eigenvalue weighted by atomic mass is 16.5. The van der Waals surface area contributed by atoms with Gasteiger partial charge in [-0.25, -0.2) is 0 Å². The average molecular weight is 377 g/mol. The van der Waals surface area contributed by atoms with Gasteiger partial charge in [-0.1, -0.05) is 0 Å². The lowest BCUT2D eigenvalue weighted by Gasteiger charge is -2.06. The molecule has 2 aromatic carbocycles. The van der Waals surface area contributed by atoms with Crippen molar-refractivity contribution in [1.29, 1.82) is 0 Å². The van der Waals surface area contributed by atoms with Gasteiger partial charge >= 0.3 is 0 Å². The van der Waals surface area contributed by atoms with Crippen LogP contribution in [0.3, 0.4) is 0 Å². The van der Waals surface area contributed by atoms with Gasteiger partial charge in [0.15, 0.2) is 0 Å². The van der Waals surface area contributed by atoms with Crippen LogP contribution >= 0.6 is 0 Å². The molecule has 1 N–H and O–H groups in total. The number of rotatable bonds is 6. The summed E-state index contributed by atoms with van der Waals surface area (Å²) in [6.45, 7) is 0.282. The first-order valence-electron chi connectivity index (χ1n) is 8.75. The van der Waals surface area contributed by atoms with Gasteiger partial charge in [0.2, 0.25) is 0 Å². The van der Waals surface area contributed by atoms with Gasteiger partial charge in [0.25, 0.3) is 5.91 Å². The normalized spacial score (nSPS) is 10.8. The maximum atomic E-state index is 13.1.